The lowest BCUT2D eigenvalue weighted by Crippen LogP contribution is -1.89. The van der Waals surface area contributed by atoms with E-state index in [1.54, 1.807) is 0 Å². The summed E-state index contributed by atoms with van der Waals surface area (Å²) in [5, 5.41) is 18.6. The zero-order valence-corrected chi connectivity index (χ0v) is 12.2. The average molecular weight is 297 g/mol. The minimum absolute atomic E-state index is 0.0394. The van der Waals surface area contributed by atoms with Gasteiger partial charge in [-0.15, -0.1) is 15.3 Å². The van der Waals surface area contributed by atoms with Crippen LogP contribution in [0.5, 0.6) is 0 Å². The first kappa shape index (κ1) is 13.6. The minimum atomic E-state index is -0.0394. The van der Waals surface area contributed by atoms with Gasteiger partial charge in [0.2, 0.25) is 5.82 Å². The maximum Gasteiger partial charge on any atom is 0.203 e. The number of fused-ring (bicyclic) bond motifs is 1. The molecule has 1 aromatic heterocycles. The van der Waals surface area contributed by atoms with Gasteiger partial charge in [0.25, 0.3) is 0 Å². The fourth-order valence-electron chi connectivity index (χ4n) is 2.07. The molecule has 0 radical (unpaired) electrons. The molecule has 0 aliphatic rings. The quantitative estimate of drug-likeness (QED) is 0.629. The van der Waals surface area contributed by atoms with Crippen LogP contribution in [0.1, 0.15) is 18.5 Å². The third-order valence-electron chi connectivity index (χ3n) is 3.23. The summed E-state index contributed by atoms with van der Waals surface area (Å²) in [5.41, 5.74) is 1.10. The van der Waals surface area contributed by atoms with Gasteiger partial charge in [-0.2, -0.15) is 5.11 Å². The van der Waals surface area contributed by atoms with Crippen molar-refractivity contribution in [2.45, 2.75) is 13.0 Å². The molecule has 0 bridgehead atoms. The Hall–Kier alpha value is -2.33. The standard InChI is InChI=1S/C16H13ClN4/c1-11(12-7-3-2-4-8-12)18-20-16-14-10-6-5-9-13(14)15(17)19-21-16/h2-11H,1H3. The number of aromatic nitrogens is 2. The SMILES string of the molecule is CC(N=Nc1nnc(Cl)c2ccccc12)c1ccccc1. The van der Waals surface area contributed by atoms with Crippen molar-refractivity contribution in [3.63, 3.8) is 0 Å². The zero-order valence-electron chi connectivity index (χ0n) is 11.4. The lowest BCUT2D eigenvalue weighted by Gasteiger charge is -2.05. The van der Waals surface area contributed by atoms with Crippen molar-refractivity contribution in [3.8, 4) is 0 Å². The van der Waals surface area contributed by atoms with E-state index < -0.39 is 0 Å². The van der Waals surface area contributed by atoms with Gasteiger partial charge in [-0.3, -0.25) is 0 Å². The molecule has 0 saturated carbocycles. The van der Waals surface area contributed by atoms with Crippen LogP contribution in [0.2, 0.25) is 5.15 Å². The molecule has 0 saturated heterocycles. The average Bonchev–Trinajstić information content (AvgIpc) is 2.55. The van der Waals surface area contributed by atoms with E-state index in [1.807, 2.05) is 61.5 Å². The summed E-state index contributed by atoms with van der Waals surface area (Å²) in [6.07, 6.45) is 0. The van der Waals surface area contributed by atoms with E-state index in [0.29, 0.717) is 11.0 Å². The van der Waals surface area contributed by atoms with Crippen LogP contribution in [0.4, 0.5) is 5.82 Å². The fraction of sp³-hybridized carbons (Fsp3) is 0.125. The molecule has 0 fully saturated rings. The Balaban J connectivity index is 1.95. The maximum atomic E-state index is 6.04. The first-order valence-electron chi connectivity index (χ1n) is 6.62. The lowest BCUT2D eigenvalue weighted by atomic mass is 10.1. The van der Waals surface area contributed by atoms with Crippen molar-refractivity contribution in [1.29, 1.82) is 0 Å². The van der Waals surface area contributed by atoms with E-state index in [4.69, 9.17) is 11.6 Å². The Morgan fingerprint density at radius 1 is 0.905 bits per heavy atom. The van der Waals surface area contributed by atoms with Gasteiger partial charge in [0.05, 0.1) is 6.04 Å². The predicted molar refractivity (Wildman–Crippen MR) is 83.9 cm³/mol. The summed E-state index contributed by atoms with van der Waals surface area (Å²) < 4.78 is 0. The largest absolute Gasteiger partial charge is 0.203 e. The molecule has 0 amide bonds. The Labute approximate surface area is 127 Å². The third kappa shape index (κ3) is 2.90. The van der Waals surface area contributed by atoms with Crippen LogP contribution in [0.15, 0.2) is 64.8 Å². The molecule has 0 spiro atoms. The summed E-state index contributed by atoms with van der Waals surface area (Å²) in [4.78, 5) is 0. The van der Waals surface area contributed by atoms with E-state index in [9.17, 15) is 0 Å². The summed E-state index contributed by atoms with van der Waals surface area (Å²) >= 11 is 6.04. The van der Waals surface area contributed by atoms with E-state index in [1.165, 1.54) is 0 Å². The highest BCUT2D eigenvalue weighted by Gasteiger charge is 2.07. The van der Waals surface area contributed by atoms with Crippen molar-refractivity contribution in [2.75, 3.05) is 0 Å². The molecular weight excluding hydrogens is 284 g/mol. The van der Waals surface area contributed by atoms with Crippen LogP contribution < -0.4 is 0 Å². The van der Waals surface area contributed by atoms with Gasteiger partial charge < -0.3 is 0 Å². The minimum Gasteiger partial charge on any atom is -0.179 e. The van der Waals surface area contributed by atoms with Crippen molar-refractivity contribution in [1.82, 2.24) is 10.2 Å². The zero-order chi connectivity index (χ0) is 14.7. The third-order valence-corrected chi connectivity index (χ3v) is 3.51. The van der Waals surface area contributed by atoms with E-state index in [0.717, 1.165) is 16.3 Å². The van der Waals surface area contributed by atoms with Crippen LogP contribution in [-0.2, 0) is 0 Å². The lowest BCUT2D eigenvalue weighted by molar-refractivity contribution is 0.758. The summed E-state index contributed by atoms with van der Waals surface area (Å²) in [6, 6.07) is 17.6. The topological polar surface area (TPSA) is 50.5 Å². The number of rotatable bonds is 3. The van der Waals surface area contributed by atoms with Gasteiger partial charge in [-0.25, -0.2) is 0 Å². The van der Waals surface area contributed by atoms with Crippen LogP contribution in [0.25, 0.3) is 10.8 Å². The van der Waals surface area contributed by atoms with Gasteiger partial charge in [-0.1, -0.05) is 66.2 Å². The van der Waals surface area contributed by atoms with Gasteiger partial charge in [0.15, 0.2) is 5.15 Å². The molecule has 104 valence electrons. The molecule has 1 unspecified atom stereocenters. The molecule has 3 aromatic rings. The molecule has 1 atom stereocenters. The molecule has 0 aliphatic carbocycles. The molecule has 3 rings (SSSR count). The van der Waals surface area contributed by atoms with Crippen LogP contribution in [-0.4, -0.2) is 10.2 Å². The molecule has 1 heterocycles. The number of hydrogen-bond donors (Lipinski definition) is 0. The molecule has 4 nitrogen and oxygen atoms in total. The normalized spacial score (nSPS) is 12.9. The number of hydrogen-bond acceptors (Lipinski definition) is 4. The first-order chi connectivity index (χ1) is 10.3. The Morgan fingerprint density at radius 3 is 2.33 bits per heavy atom. The number of benzene rings is 2. The second-order valence-electron chi connectivity index (χ2n) is 4.66. The molecule has 0 N–H and O–H groups in total. The number of nitrogens with zero attached hydrogens (tertiary/aromatic N) is 4. The monoisotopic (exact) mass is 296 g/mol. The Morgan fingerprint density at radius 2 is 1.57 bits per heavy atom. The van der Waals surface area contributed by atoms with Crippen molar-refractivity contribution < 1.29 is 0 Å². The second-order valence-corrected chi connectivity index (χ2v) is 5.02. The van der Waals surface area contributed by atoms with E-state index in [2.05, 4.69) is 20.4 Å². The van der Waals surface area contributed by atoms with Crippen molar-refractivity contribution in [3.05, 3.63) is 65.3 Å². The van der Waals surface area contributed by atoms with Gasteiger partial charge in [-0.05, 0) is 12.5 Å². The summed E-state index contributed by atoms with van der Waals surface area (Å²) in [6.45, 7) is 1.99. The predicted octanol–water partition coefficient (Wildman–Crippen LogP) is 5.13. The first-order valence-corrected chi connectivity index (χ1v) is 7.00. The number of halogens is 1. The smallest absolute Gasteiger partial charge is 0.179 e. The van der Waals surface area contributed by atoms with Crippen molar-refractivity contribution >= 4 is 28.2 Å². The Bertz CT molecular complexity index is 787. The highest BCUT2D eigenvalue weighted by molar-refractivity contribution is 6.34. The molecule has 0 aliphatic heterocycles. The van der Waals surface area contributed by atoms with E-state index in [-0.39, 0.29) is 6.04 Å². The maximum absolute atomic E-state index is 6.04. The summed E-state index contributed by atoms with van der Waals surface area (Å²) in [5.74, 6) is 0.484. The van der Waals surface area contributed by atoms with Crippen LogP contribution in [0, 0.1) is 0 Å². The van der Waals surface area contributed by atoms with Crippen LogP contribution in [0.3, 0.4) is 0 Å². The molecular formula is C16H13ClN4. The molecule has 21 heavy (non-hydrogen) atoms. The van der Waals surface area contributed by atoms with Crippen molar-refractivity contribution in [2.24, 2.45) is 10.2 Å². The number of azo groups is 1. The fourth-order valence-corrected chi connectivity index (χ4v) is 2.27. The van der Waals surface area contributed by atoms with Crippen LogP contribution >= 0.6 is 11.6 Å². The molecule has 5 heteroatoms. The highest BCUT2D eigenvalue weighted by atomic mass is 35.5. The van der Waals surface area contributed by atoms with Gasteiger partial charge in [0, 0.05) is 10.8 Å². The Kier molecular flexibility index (Phi) is 3.88. The molecule has 2 aromatic carbocycles. The summed E-state index contributed by atoms with van der Waals surface area (Å²) in [7, 11) is 0. The van der Waals surface area contributed by atoms with Gasteiger partial charge in [0.1, 0.15) is 0 Å². The van der Waals surface area contributed by atoms with E-state index >= 15 is 0 Å². The second kappa shape index (κ2) is 5.97. The highest BCUT2D eigenvalue weighted by Crippen LogP contribution is 2.28. The van der Waals surface area contributed by atoms with Gasteiger partial charge >= 0.3 is 0 Å².